The summed E-state index contributed by atoms with van der Waals surface area (Å²) in [7, 11) is 0. The van der Waals surface area contributed by atoms with Gasteiger partial charge in [0.2, 0.25) is 5.95 Å². The normalized spacial score (nSPS) is 15.9. The van der Waals surface area contributed by atoms with Gasteiger partial charge in [-0.3, -0.25) is 4.57 Å². The van der Waals surface area contributed by atoms with Gasteiger partial charge in [0.15, 0.2) is 0 Å². The zero-order valence-electron chi connectivity index (χ0n) is 15.5. The van der Waals surface area contributed by atoms with Crippen molar-refractivity contribution in [1.29, 1.82) is 0 Å². The van der Waals surface area contributed by atoms with Gasteiger partial charge in [0.05, 0.1) is 17.1 Å². The van der Waals surface area contributed by atoms with Crippen molar-refractivity contribution in [2.45, 2.75) is 19.9 Å². The lowest BCUT2D eigenvalue weighted by atomic mass is 10.00. The number of aryl methyl sites for hydroxylation is 2. The van der Waals surface area contributed by atoms with Gasteiger partial charge in [0.1, 0.15) is 0 Å². The van der Waals surface area contributed by atoms with Crippen LogP contribution < -0.4 is 5.32 Å². The molecule has 0 spiro atoms. The number of rotatable bonds is 2. The molecule has 1 aliphatic rings. The number of allylic oxidation sites excluding steroid dienone is 1. The van der Waals surface area contributed by atoms with Crippen LogP contribution in [-0.4, -0.2) is 9.55 Å². The number of hydrogen-bond donors (Lipinski definition) is 1. The summed E-state index contributed by atoms with van der Waals surface area (Å²) in [6, 6.07) is 25.8. The average Bonchev–Trinajstić information content (AvgIpc) is 3.07. The van der Waals surface area contributed by atoms with Crippen molar-refractivity contribution in [2.24, 2.45) is 0 Å². The molecule has 0 amide bonds. The van der Waals surface area contributed by atoms with Crippen molar-refractivity contribution >= 4 is 22.7 Å². The van der Waals surface area contributed by atoms with Crippen LogP contribution in [0.4, 0.5) is 5.95 Å². The number of nitrogens with zero attached hydrogens (tertiary/aromatic N) is 2. The number of imidazole rings is 1. The fourth-order valence-corrected chi connectivity index (χ4v) is 3.72. The fourth-order valence-electron chi connectivity index (χ4n) is 3.72. The second-order valence-corrected chi connectivity index (χ2v) is 7.22. The Labute approximate surface area is 159 Å². The molecule has 1 atom stereocenters. The van der Waals surface area contributed by atoms with Gasteiger partial charge in [-0.05, 0) is 43.2 Å². The lowest BCUT2D eigenvalue weighted by Gasteiger charge is -2.26. The quantitative estimate of drug-likeness (QED) is 0.501. The third kappa shape index (κ3) is 2.72. The first-order valence-electron chi connectivity index (χ1n) is 9.28. The minimum Gasteiger partial charge on any atom is -0.325 e. The van der Waals surface area contributed by atoms with E-state index in [0.717, 1.165) is 22.7 Å². The number of fused-ring (bicyclic) bond motifs is 3. The average molecular weight is 351 g/mol. The third-order valence-corrected chi connectivity index (χ3v) is 5.23. The van der Waals surface area contributed by atoms with Crippen LogP contribution in [0.3, 0.4) is 0 Å². The van der Waals surface area contributed by atoms with Gasteiger partial charge in [0, 0.05) is 5.70 Å². The number of hydrogen-bond acceptors (Lipinski definition) is 2. The topological polar surface area (TPSA) is 29.9 Å². The van der Waals surface area contributed by atoms with Gasteiger partial charge in [-0.15, -0.1) is 0 Å². The molecule has 1 aliphatic heterocycles. The summed E-state index contributed by atoms with van der Waals surface area (Å²) in [6.45, 7) is 4.23. The highest BCUT2D eigenvalue weighted by molar-refractivity contribution is 5.85. The number of anilines is 1. The van der Waals surface area contributed by atoms with Crippen molar-refractivity contribution in [1.82, 2.24) is 9.55 Å². The van der Waals surface area contributed by atoms with Crippen molar-refractivity contribution in [3.8, 4) is 0 Å². The highest BCUT2D eigenvalue weighted by Crippen LogP contribution is 2.36. The molecule has 3 heteroatoms. The van der Waals surface area contributed by atoms with E-state index in [0.29, 0.717) is 0 Å². The van der Waals surface area contributed by atoms with E-state index in [-0.39, 0.29) is 6.04 Å². The number of nitrogens with one attached hydrogen (secondary N) is 1. The molecule has 0 fully saturated rings. The predicted octanol–water partition coefficient (Wildman–Crippen LogP) is 5.71. The molecule has 27 heavy (non-hydrogen) atoms. The maximum absolute atomic E-state index is 4.85. The molecule has 5 rings (SSSR count). The van der Waals surface area contributed by atoms with Gasteiger partial charge in [-0.2, -0.15) is 0 Å². The zero-order chi connectivity index (χ0) is 18.4. The van der Waals surface area contributed by atoms with Crippen LogP contribution in [0.5, 0.6) is 0 Å². The Bertz CT molecular complexity index is 1150. The SMILES string of the molecule is Cc1ccc(C2=C[C@H](c3ccc(C)cc3)n3c(nc4ccccc43)N2)cc1. The van der Waals surface area contributed by atoms with Crippen LogP contribution in [-0.2, 0) is 0 Å². The van der Waals surface area contributed by atoms with E-state index in [1.165, 1.54) is 22.3 Å². The minimum atomic E-state index is 0.102. The van der Waals surface area contributed by atoms with Crippen LogP contribution in [0, 0.1) is 13.8 Å². The van der Waals surface area contributed by atoms with Crippen LogP contribution in [0.2, 0.25) is 0 Å². The summed E-state index contributed by atoms with van der Waals surface area (Å²) >= 11 is 0. The van der Waals surface area contributed by atoms with E-state index >= 15 is 0 Å². The van der Waals surface area contributed by atoms with Crippen molar-refractivity contribution in [2.75, 3.05) is 5.32 Å². The zero-order valence-corrected chi connectivity index (χ0v) is 15.5. The molecule has 1 N–H and O–H groups in total. The molecule has 132 valence electrons. The Morgan fingerprint density at radius 1 is 0.815 bits per heavy atom. The first-order valence-corrected chi connectivity index (χ1v) is 9.28. The molecule has 0 aliphatic carbocycles. The van der Waals surface area contributed by atoms with E-state index < -0.39 is 0 Å². The Morgan fingerprint density at radius 3 is 2.22 bits per heavy atom. The van der Waals surface area contributed by atoms with E-state index in [1.54, 1.807) is 0 Å². The number of para-hydroxylation sites is 2. The molecule has 0 radical (unpaired) electrons. The Balaban J connectivity index is 1.71. The maximum atomic E-state index is 4.85. The molecule has 0 bridgehead atoms. The van der Waals surface area contributed by atoms with Crippen molar-refractivity contribution in [3.63, 3.8) is 0 Å². The summed E-state index contributed by atoms with van der Waals surface area (Å²) in [5.41, 5.74) is 8.22. The molecular weight excluding hydrogens is 330 g/mol. The Kier molecular flexibility index (Phi) is 3.61. The monoisotopic (exact) mass is 351 g/mol. The van der Waals surface area contributed by atoms with Crippen LogP contribution in [0.25, 0.3) is 16.7 Å². The van der Waals surface area contributed by atoms with Gasteiger partial charge in [-0.1, -0.05) is 71.8 Å². The molecule has 0 saturated heterocycles. The molecule has 3 nitrogen and oxygen atoms in total. The lowest BCUT2D eigenvalue weighted by Crippen LogP contribution is -2.19. The number of benzene rings is 3. The summed E-state index contributed by atoms with van der Waals surface area (Å²) < 4.78 is 2.29. The second-order valence-electron chi connectivity index (χ2n) is 7.22. The van der Waals surface area contributed by atoms with Gasteiger partial charge >= 0.3 is 0 Å². The van der Waals surface area contributed by atoms with E-state index in [9.17, 15) is 0 Å². The minimum absolute atomic E-state index is 0.102. The Morgan fingerprint density at radius 2 is 1.48 bits per heavy atom. The summed E-state index contributed by atoms with van der Waals surface area (Å²) in [4.78, 5) is 4.85. The standard InChI is InChI=1S/C24H21N3/c1-16-7-11-18(12-8-16)21-15-23(19-13-9-17(2)10-14-19)27-22-6-4-3-5-20(22)25-24(27)26-21/h3-15,23H,1-2H3,(H,25,26)/t23-/m1/s1. The molecule has 0 unspecified atom stereocenters. The van der Waals surface area contributed by atoms with E-state index in [2.05, 4.69) is 96.5 Å². The highest BCUT2D eigenvalue weighted by atomic mass is 15.2. The lowest BCUT2D eigenvalue weighted by molar-refractivity contribution is 0.720. The van der Waals surface area contributed by atoms with Crippen molar-refractivity contribution < 1.29 is 0 Å². The molecule has 4 aromatic rings. The van der Waals surface area contributed by atoms with Gasteiger partial charge in [-0.25, -0.2) is 4.98 Å². The Hall–Kier alpha value is -3.33. The molecule has 1 aromatic heterocycles. The summed E-state index contributed by atoms with van der Waals surface area (Å²) in [5, 5.41) is 3.55. The van der Waals surface area contributed by atoms with Gasteiger partial charge < -0.3 is 5.32 Å². The molecule has 0 saturated carbocycles. The first kappa shape index (κ1) is 15.9. The maximum Gasteiger partial charge on any atom is 0.209 e. The molecule has 2 heterocycles. The second kappa shape index (κ2) is 6.13. The van der Waals surface area contributed by atoms with Crippen LogP contribution in [0.15, 0.2) is 78.9 Å². The fraction of sp³-hybridized carbons (Fsp3) is 0.125. The van der Waals surface area contributed by atoms with Crippen molar-refractivity contribution in [3.05, 3.63) is 101 Å². The van der Waals surface area contributed by atoms with Crippen LogP contribution >= 0.6 is 0 Å². The van der Waals surface area contributed by atoms with Crippen LogP contribution in [0.1, 0.15) is 28.3 Å². The molecule has 3 aromatic carbocycles. The number of aromatic nitrogens is 2. The summed E-state index contributed by atoms with van der Waals surface area (Å²) in [6.07, 6.45) is 2.30. The largest absolute Gasteiger partial charge is 0.325 e. The highest BCUT2D eigenvalue weighted by Gasteiger charge is 2.25. The van der Waals surface area contributed by atoms with Gasteiger partial charge in [0.25, 0.3) is 0 Å². The third-order valence-electron chi connectivity index (χ3n) is 5.23. The smallest absolute Gasteiger partial charge is 0.209 e. The summed E-state index contributed by atoms with van der Waals surface area (Å²) in [5.74, 6) is 0.889. The molecular formula is C24H21N3. The first-order chi connectivity index (χ1) is 13.2. The van der Waals surface area contributed by atoms with E-state index in [1.807, 2.05) is 6.07 Å². The van der Waals surface area contributed by atoms with E-state index in [4.69, 9.17) is 4.98 Å². The predicted molar refractivity (Wildman–Crippen MR) is 112 cm³/mol.